The van der Waals surface area contributed by atoms with E-state index in [0.717, 1.165) is 5.56 Å². The van der Waals surface area contributed by atoms with Crippen LogP contribution in [-0.4, -0.2) is 5.78 Å². The Morgan fingerprint density at radius 1 is 1.29 bits per heavy atom. The zero-order valence-electron chi connectivity index (χ0n) is 7.97. The van der Waals surface area contributed by atoms with E-state index >= 15 is 0 Å². The van der Waals surface area contributed by atoms with E-state index < -0.39 is 6.43 Å². The molecule has 0 N–H and O–H groups in total. The van der Waals surface area contributed by atoms with Gasteiger partial charge in [-0.1, -0.05) is 24.3 Å². The van der Waals surface area contributed by atoms with Gasteiger partial charge < -0.3 is 4.79 Å². The number of rotatable bonds is 4. The van der Waals surface area contributed by atoms with Crippen molar-refractivity contribution in [2.24, 2.45) is 0 Å². The van der Waals surface area contributed by atoms with Gasteiger partial charge in [-0.25, -0.2) is 8.78 Å². The molecule has 0 aromatic heterocycles. The molecule has 0 amide bonds. The lowest BCUT2D eigenvalue weighted by Crippen LogP contribution is -1.94. The molecule has 1 aromatic rings. The number of ketones is 1. The average Bonchev–Trinajstić information content (AvgIpc) is 2.15. The first-order valence-electron chi connectivity index (χ1n) is 4.46. The summed E-state index contributed by atoms with van der Waals surface area (Å²) in [6.45, 7) is 1.52. The maximum atomic E-state index is 12.2. The summed E-state index contributed by atoms with van der Waals surface area (Å²) in [4.78, 5) is 10.7. The maximum absolute atomic E-state index is 12.2. The summed E-state index contributed by atoms with van der Waals surface area (Å²) in [5.41, 5.74) is 0.946. The van der Waals surface area contributed by atoms with Gasteiger partial charge in [0.25, 0.3) is 6.43 Å². The SMILES string of the molecule is CC(=O)CCc1ccc(C(F)F)cc1. The fourth-order valence-electron chi connectivity index (χ4n) is 1.15. The monoisotopic (exact) mass is 198 g/mol. The highest BCUT2D eigenvalue weighted by Gasteiger charge is 2.05. The summed E-state index contributed by atoms with van der Waals surface area (Å²) < 4.78 is 24.3. The highest BCUT2D eigenvalue weighted by Crippen LogP contribution is 2.19. The molecule has 0 radical (unpaired) electrons. The summed E-state index contributed by atoms with van der Waals surface area (Å²) in [5.74, 6) is 0.114. The van der Waals surface area contributed by atoms with Crippen LogP contribution in [0.25, 0.3) is 0 Å². The minimum Gasteiger partial charge on any atom is -0.300 e. The van der Waals surface area contributed by atoms with Crippen molar-refractivity contribution in [3.63, 3.8) is 0 Å². The van der Waals surface area contributed by atoms with E-state index in [1.54, 1.807) is 12.1 Å². The molecule has 0 aliphatic rings. The molecule has 0 saturated carbocycles. The van der Waals surface area contributed by atoms with Crippen molar-refractivity contribution < 1.29 is 13.6 Å². The Balaban J connectivity index is 2.59. The van der Waals surface area contributed by atoms with E-state index in [1.165, 1.54) is 19.1 Å². The Bertz CT molecular complexity index is 304. The maximum Gasteiger partial charge on any atom is 0.263 e. The van der Waals surface area contributed by atoms with E-state index in [9.17, 15) is 13.6 Å². The number of aryl methyl sites for hydroxylation is 1. The minimum atomic E-state index is -2.42. The molecule has 1 nitrogen and oxygen atoms in total. The molecule has 14 heavy (non-hydrogen) atoms. The molecular weight excluding hydrogens is 186 g/mol. The molecule has 0 bridgehead atoms. The molecule has 0 aliphatic heterocycles. The lowest BCUT2D eigenvalue weighted by Gasteiger charge is -2.02. The van der Waals surface area contributed by atoms with E-state index in [0.29, 0.717) is 12.8 Å². The standard InChI is InChI=1S/C11H12F2O/c1-8(14)2-3-9-4-6-10(7-5-9)11(12)13/h4-7,11H,2-3H2,1H3. The van der Waals surface area contributed by atoms with Gasteiger partial charge in [0.05, 0.1) is 0 Å². The second-order valence-corrected chi connectivity index (χ2v) is 3.24. The third-order valence-electron chi connectivity index (χ3n) is 2.00. The van der Waals surface area contributed by atoms with Crippen LogP contribution in [0.1, 0.15) is 30.9 Å². The van der Waals surface area contributed by atoms with E-state index in [-0.39, 0.29) is 11.3 Å². The van der Waals surface area contributed by atoms with Gasteiger partial charge in [0, 0.05) is 12.0 Å². The Kier molecular flexibility index (Phi) is 3.74. The molecule has 0 aliphatic carbocycles. The normalized spacial score (nSPS) is 10.6. The fourth-order valence-corrected chi connectivity index (χ4v) is 1.15. The van der Waals surface area contributed by atoms with E-state index in [2.05, 4.69) is 0 Å². The van der Waals surface area contributed by atoms with Gasteiger partial charge in [0.2, 0.25) is 0 Å². The third kappa shape index (κ3) is 3.24. The number of carbonyl (C=O) groups excluding carboxylic acids is 1. The van der Waals surface area contributed by atoms with Crippen molar-refractivity contribution in [1.82, 2.24) is 0 Å². The molecular formula is C11H12F2O. The van der Waals surface area contributed by atoms with E-state index in [1.807, 2.05) is 0 Å². The van der Waals surface area contributed by atoms with Crippen molar-refractivity contribution in [1.29, 1.82) is 0 Å². The predicted molar refractivity (Wildman–Crippen MR) is 50.4 cm³/mol. The number of carbonyl (C=O) groups is 1. The molecule has 3 heteroatoms. The number of halogens is 2. The van der Waals surface area contributed by atoms with Gasteiger partial charge in [-0.15, -0.1) is 0 Å². The summed E-state index contributed by atoms with van der Waals surface area (Å²) >= 11 is 0. The number of benzene rings is 1. The Morgan fingerprint density at radius 3 is 2.29 bits per heavy atom. The van der Waals surface area contributed by atoms with Crippen LogP contribution in [0.5, 0.6) is 0 Å². The summed E-state index contributed by atoms with van der Waals surface area (Å²) in [7, 11) is 0. The number of Topliss-reactive ketones (excluding diaryl/α,β-unsaturated/α-hetero) is 1. The average molecular weight is 198 g/mol. The van der Waals surface area contributed by atoms with E-state index in [4.69, 9.17) is 0 Å². The van der Waals surface area contributed by atoms with Crippen LogP contribution in [0.2, 0.25) is 0 Å². The van der Waals surface area contributed by atoms with Crippen molar-refractivity contribution >= 4 is 5.78 Å². The van der Waals surface area contributed by atoms with Gasteiger partial charge in [-0.05, 0) is 18.9 Å². The van der Waals surface area contributed by atoms with Crippen LogP contribution >= 0.6 is 0 Å². The van der Waals surface area contributed by atoms with Crippen LogP contribution in [0.4, 0.5) is 8.78 Å². The van der Waals surface area contributed by atoms with Crippen LogP contribution in [-0.2, 0) is 11.2 Å². The summed E-state index contributed by atoms with van der Waals surface area (Å²) in [5, 5.41) is 0. The van der Waals surface area contributed by atoms with Crippen LogP contribution in [0.3, 0.4) is 0 Å². The van der Waals surface area contributed by atoms with Crippen molar-refractivity contribution in [3.05, 3.63) is 35.4 Å². The van der Waals surface area contributed by atoms with Gasteiger partial charge in [-0.3, -0.25) is 0 Å². The molecule has 0 spiro atoms. The molecule has 1 aromatic carbocycles. The lowest BCUT2D eigenvalue weighted by atomic mass is 10.1. The van der Waals surface area contributed by atoms with Crippen molar-refractivity contribution in [2.45, 2.75) is 26.2 Å². The van der Waals surface area contributed by atoms with Gasteiger partial charge in [0.1, 0.15) is 5.78 Å². The second-order valence-electron chi connectivity index (χ2n) is 3.24. The predicted octanol–water partition coefficient (Wildman–Crippen LogP) is 3.15. The highest BCUT2D eigenvalue weighted by molar-refractivity contribution is 5.75. The zero-order chi connectivity index (χ0) is 10.6. The van der Waals surface area contributed by atoms with Gasteiger partial charge >= 0.3 is 0 Å². The van der Waals surface area contributed by atoms with Crippen molar-refractivity contribution in [3.8, 4) is 0 Å². The topological polar surface area (TPSA) is 17.1 Å². The van der Waals surface area contributed by atoms with Crippen LogP contribution in [0.15, 0.2) is 24.3 Å². The molecule has 0 atom stereocenters. The number of hydrogen-bond acceptors (Lipinski definition) is 1. The van der Waals surface area contributed by atoms with Crippen LogP contribution in [0, 0.1) is 0 Å². The molecule has 0 saturated heterocycles. The first kappa shape index (κ1) is 10.8. The number of alkyl halides is 2. The summed E-state index contributed by atoms with van der Waals surface area (Å²) in [6, 6.07) is 6.09. The highest BCUT2D eigenvalue weighted by atomic mass is 19.3. The Morgan fingerprint density at radius 2 is 1.86 bits per heavy atom. The molecule has 1 rings (SSSR count). The molecule has 0 fully saturated rings. The van der Waals surface area contributed by atoms with Gasteiger partial charge in [0.15, 0.2) is 0 Å². The Hall–Kier alpha value is -1.25. The molecule has 76 valence electrons. The largest absolute Gasteiger partial charge is 0.300 e. The zero-order valence-corrected chi connectivity index (χ0v) is 7.97. The smallest absolute Gasteiger partial charge is 0.263 e. The van der Waals surface area contributed by atoms with Crippen LogP contribution < -0.4 is 0 Å². The van der Waals surface area contributed by atoms with Gasteiger partial charge in [-0.2, -0.15) is 0 Å². The first-order valence-corrected chi connectivity index (χ1v) is 4.46. The Labute approximate surface area is 81.7 Å². The number of hydrogen-bond donors (Lipinski definition) is 0. The second kappa shape index (κ2) is 4.84. The third-order valence-corrected chi connectivity index (χ3v) is 2.00. The minimum absolute atomic E-state index is 0.0246. The van der Waals surface area contributed by atoms with Crippen molar-refractivity contribution in [2.75, 3.05) is 0 Å². The molecule has 0 heterocycles. The fraction of sp³-hybridized carbons (Fsp3) is 0.364. The quantitative estimate of drug-likeness (QED) is 0.726. The lowest BCUT2D eigenvalue weighted by molar-refractivity contribution is -0.116. The first-order chi connectivity index (χ1) is 6.59. The molecule has 0 unspecified atom stereocenters. The summed E-state index contributed by atoms with van der Waals surface area (Å²) in [6.07, 6.45) is -1.33.